The van der Waals surface area contributed by atoms with E-state index in [1.165, 1.54) is 0 Å². The summed E-state index contributed by atoms with van der Waals surface area (Å²) in [4.78, 5) is 23.2. The van der Waals surface area contributed by atoms with E-state index >= 15 is 0 Å². The molecule has 1 amide bonds. The fraction of sp³-hybridized carbons (Fsp3) is 0.500. The molecule has 0 spiro atoms. The molecule has 0 aromatic carbocycles. The molecule has 0 radical (unpaired) electrons. The summed E-state index contributed by atoms with van der Waals surface area (Å²) in [5, 5.41) is 0. The minimum absolute atomic E-state index is 0.0369. The molecule has 0 saturated carbocycles. The second-order valence-electron chi connectivity index (χ2n) is 3.74. The Morgan fingerprint density at radius 3 is 2.50 bits per heavy atom. The molecule has 0 N–H and O–H groups in total. The number of hydrogen-bond donors (Lipinski definition) is 0. The number of likely N-dealkylation sites (N-methyl/N-ethyl adjacent to an activating group) is 2. The summed E-state index contributed by atoms with van der Waals surface area (Å²) in [5.74, 6) is 1.44. The van der Waals surface area contributed by atoms with Gasteiger partial charge < -0.3 is 9.80 Å². The van der Waals surface area contributed by atoms with E-state index in [0.717, 1.165) is 10.4 Å². The molecule has 0 fully saturated rings. The zero-order valence-electron chi connectivity index (χ0n) is 9.86. The van der Waals surface area contributed by atoms with E-state index in [1.807, 2.05) is 14.0 Å². The molecule has 0 saturated heterocycles. The zero-order valence-corrected chi connectivity index (χ0v) is 11.4. The summed E-state index contributed by atoms with van der Waals surface area (Å²) < 4.78 is 0.721. The fourth-order valence-corrected chi connectivity index (χ4v) is 1.60. The van der Waals surface area contributed by atoms with Gasteiger partial charge in [0.1, 0.15) is 16.2 Å². The topological polar surface area (TPSA) is 49.3 Å². The molecule has 6 heteroatoms. The van der Waals surface area contributed by atoms with E-state index in [1.54, 1.807) is 30.0 Å². The van der Waals surface area contributed by atoms with Crippen LogP contribution in [-0.2, 0) is 4.79 Å². The van der Waals surface area contributed by atoms with Crippen molar-refractivity contribution in [1.29, 1.82) is 0 Å². The number of aryl methyl sites for hydroxylation is 1. The van der Waals surface area contributed by atoms with Gasteiger partial charge in [-0.15, -0.1) is 0 Å². The first-order chi connectivity index (χ1) is 7.40. The average Bonchev–Trinajstić information content (AvgIpc) is 2.15. The number of amides is 1. The maximum absolute atomic E-state index is 11.5. The van der Waals surface area contributed by atoms with Crippen LogP contribution in [0.1, 0.15) is 5.82 Å². The van der Waals surface area contributed by atoms with Crippen LogP contribution in [-0.4, -0.2) is 48.5 Å². The van der Waals surface area contributed by atoms with Crippen LogP contribution < -0.4 is 4.90 Å². The van der Waals surface area contributed by atoms with Gasteiger partial charge in [0.15, 0.2) is 0 Å². The van der Waals surface area contributed by atoms with Crippen molar-refractivity contribution in [3.8, 4) is 0 Å². The van der Waals surface area contributed by atoms with E-state index in [4.69, 9.17) is 0 Å². The molecule has 5 nitrogen and oxygen atoms in total. The van der Waals surface area contributed by atoms with E-state index < -0.39 is 0 Å². The number of rotatable bonds is 3. The van der Waals surface area contributed by atoms with Gasteiger partial charge in [0, 0.05) is 27.2 Å². The van der Waals surface area contributed by atoms with Crippen molar-refractivity contribution in [1.82, 2.24) is 14.9 Å². The first kappa shape index (κ1) is 12.9. The smallest absolute Gasteiger partial charge is 0.241 e. The summed E-state index contributed by atoms with van der Waals surface area (Å²) in [5.41, 5.74) is 0. The number of anilines is 1. The van der Waals surface area contributed by atoms with Gasteiger partial charge in [-0.1, -0.05) is 0 Å². The highest BCUT2D eigenvalue weighted by Crippen LogP contribution is 2.14. The number of carbonyl (C=O) groups is 1. The van der Waals surface area contributed by atoms with Crippen molar-refractivity contribution in [3.05, 3.63) is 16.5 Å². The van der Waals surface area contributed by atoms with Crippen molar-refractivity contribution in [3.63, 3.8) is 0 Å². The van der Waals surface area contributed by atoms with Crippen molar-refractivity contribution in [2.45, 2.75) is 6.92 Å². The molecular formula is C10H15BrN4O. The predicted molar refractivity (Wildman–Crippen MR) is 66.4 cm³/mol. The van der Waals surface area contributed by atoms with Crippen molar-refractivity contribution < 1.29 is 4.79 Å². The van der Waals surface area contributed by atoms with E-state index in [0.29, 0.717) is 12.4 Å². The SMILES string of the molecule is Cc1nc(Br)cc(N(C)CC(=O)N(C)C)n1. The van der Waals surface area contributed by atoms with Crippen molar-refractivity contribution in [2.24, 2.45) is 0 Å². The number of aromatic nitrogens is 2. The lowest BCUT2D eigenvalue weighted by atomic mass is 10.4. The van der Waals surface area contributed by atoms with Crippen LogP contribution in [0.25, 0.3) is 0 Å². The van der Waals surface area contributed by atoms with Gasteiger partial charge in [-0.3, -0.25) is 4.79 Å². The first-order valence-electron chi connectivity index (χ1n) is 4.82. The number of carbonyl (C=O) groups excluding carboxylic acids is 1. The first-order valence-corrected chi connectivity index (χ1v) is 5.62. The third kappa shape index (κ3) is 3.44. The molecule has 1 rings (SSSR count). The summed E-state index contributed by atoms with van der Waals surface area (Å²) in [7, 11) is 5.30. The van der Waals surface area contributed by atoms with E-state index in [-0.39, 0.29) is 5.91 Å². The Balaban J connectivity index is 2.80. The highest BCUT2D eigenvalue weighted by Gasteiger charge is 2.11. The predicted octanol–water partition coefficient (Wildman–Crippen LogP) is 1.07. The molecule has 0 bridgehead atoms. The quantitative estimate of drug-likeness (QED) is 0.780. The van der Waals surface area contributed by atoms with Gasteiger partial charge in [-0.05, 0) is 22.9 Å². The normalized spacial score (nSPS) is 10.1. The fourth-order valence-electron chi connectivity index (χ4n) is 1.14. The second kappa shape index (κ2) is 5.25. The van der Waals surface area contributed by atoms with E-state index in [2.05, 4.69) is 25.9 Å². The van der Waals surface area contributed by atoms with Gasteiger partial charge in [0.05, 0.1) is 6.54 Å². The Morgan fingerprint density at radius 2 is 2.00 bits per heavy atom. The lowest BCUT2D eigenvalue weighted by molar-refractivity contribution is -0.127. The molecular weight excluding hydrogens is 272 g/mol. The van der Waals surface area contributed by atoms with E-state index in [9.17, 15) is 4.79 Å². The maximum atomic E-state index is 11.5. The highest BCUT2D eigenvalue weighted by molar-refractivity contribution is 9.10. The Morgan fingerprint density at radius 1 is 1.38 bits per heavy atom. The molecule has 0 unspecified atom stereocenters. The van der Waals surface area contributed by atoms with Crippen LogP contribution in [0.2, 0.25) is 0 Å². The van der Waals surface area contributed by atoms with Crippen LogP contribution in [0.15, 0.2) is 10.7 Å². The molecule has 1 aromatic heterocycles. The monoisotopic (exact) mass is 286 g/mol. The standard InChI is InChI=1S/C10H15BrN4O/c1-7-12-8(11)5-9(13-7)15(4)6-10(16)14(2)3/h5H,6H2,1-4H3. The molecule has 1 heterocycles. The van der Waals surface area contributed by atoms with Crippen LogP contribution in [0.3, 0.4) is 0 Å². The van der Waals surface area contributed by atoms with Crippen LogP contribution in [0, 0.1) is 6.92 Å². The lowest BCUT2D eigenvalue weighted by Crippen LogP contribution is -2.34. The Labute approximate surface area is 104 Å². The molecule has 1 aromatic rings. The summed E-state index contributed by atoms with van der Waals surface area (Å²) in [6.45, 7) is 2.12. The average molecular weight is 287 g/mol. The van der Waals surface area contributed by atoms with Gasteiger partial charge in [0.25, 0.3) is 0 Å². The third-order valence-electron chi connectivity index (χ3n) is 2.06. The van der Waals surface area contributed by atoms with Gasteiger partial charge in [-0.25, -0.2) is 9.97 Å². The van der Waals surface area contributed by atoms with Gasteiger partial charge in [-0.2, -0.15) is 0 Å². The zero-order chi connectivity index (χ0) is 12.3. The Kier molecular flexibility index (Phi) is 4.23. The lowest BCUT2D eigenvalue weighted by Gasteiger charge is -2.20. The summed E-state index contributed by atoms with van der Waals surface area (Å²) in [6, 6.07) is 1.79. The summed E-state index contributed by atoms with van der Waals surface area (Å²) >= 11 is 3.30. The Hall–Kier alpha value is -1.17. The summed E-state index contributed by atoms with van der Waals surface area (Å²) in [6.07, 6.45) is 0. The van der Waals surface area contributed by atoms with Crippen LogP contribution in [0.5, 0.6) is 0 Å². The van der Waals surface area contributed by atoms with Gasteiger partial charge in [0.2, 0.25) is 5.91 Å². The van der Waals surface area contributed by atoms with Crippen LogP contribution >= 0.6 is 15.9 Å². The largest absolute Gasteiger partial charge is 0.350 e. The number of hydrogen-bond acceptors (Lipinski definition) is 4. The minimum atomic E-state index is 0.0369. The van der Waals surface area contributed by atoms with Crippen molar-refractivity contribution >= 4 is 27.7 Å². The second-order valence-corrected chi connectivity index (χ2v) is 4.55. The molecule has 16 heavy (non-hydrogen) atoms. The maximum Gasteiger partial charge on any atom is 0.241 e. The molecule has 88 valence electrons. The number of nitrogens with zero attached hydrogens (tertiary/aromatic N) is 4. The molecule has 0 aliphatic heterocycles. The molecule has 0 atom stereocenters. The van der Waals surface area contributed by atoms with Crippen LogP contribution in [0.4, 0.5) is 5.82 Å². The minimum Gasteiger partial charge on any atom is -0.350 e. The van der Waals surface area contributed by atoms with Gasteiger partial charge >= 0.3 is 0 Å². The number of halogens is 1. The highest BCUT2D eigenvalue weighted by atomic mass is 79.9. The molecule has 0 aliphatic rings. The Bertz CT molecular complexity index is 374. The van der Waals surface area contributed by atoms with Crippen molar-refractivity contribution in [2.75, 3.05) is 32.6 Å². The third-order valence-corrected chi connectivity index (χ3v) is 2.46. The molecule has 0 aliphatic carbocycles.